The summed E-state index contributed by atoms with van der Waals surface area (Å²) >= 11 is 0. The zero-order valence-corrected chi connectivity index (χ0v) is 9.83. The second-order valence-electron chi connectivity index (χ2n) is 5.36. The molecular formula is C12H23NO2. The molecule has 1 saturated carbocycles. The fraction of sp³-hybridized carbons (Fsp3) is 0.917. The Hall–Kier alpha value is -0.570. The van der Waals surface area contributed by atoms with Gasteiger partial charge in [-0.05, 0) is 49.5 Å². The Bertz CT molecular complexity index is 218. The predicted molar refractivity (Wildman–Crippen MR) is 60.5 cm³/mol. The van der Waals surface area contributed by atoms with Crippen LogP contribution >= 0.6 is 0 Å². The quantitative estimate of drug-likeness (QED) is 0.753. The monoisotopic (exact) mass is 213 g/mol. The SMILES string of the molecule is CC(C)[C@H]1CC[C@@](CN)(CC(=O)O)CC1. The number of carboxylic acid groups (broad SMARTS) is 1. The van der Waals surface area contributed by atoms with Gasteiger partial charge in [0.25, 0.3) is 0 Å². The molecule has 0 radical (unpaired) electrons. The standard InChI is InChI=1S/C12H23NO2/c1-9(2)10-3-5-12(8-13,6-4-10)7-11(14)15/h9-10H,3-8,13H2,1-2H3,(H,14,15)/t10-,12-. The first kappa shape index (κ1) is 12.5. The minimum absolute atomic E-state index is 0.114. The highest BCUT2D eigenvalue weighted by Crippen LogP contribution is 2.42. The lowest BCUT2D eigenvalue weighted by Gasteiger charge is -2.39. The molecule has 0 heterocycles. The fourth-order valence-corrected chi connectivity index (χ4v) is 2.69. The van der Waals surface area contributed by atoms with Gasteiger partial charge in [0.1, 0.15) is 0 Å². The Labute approximate surface area is 92.0 Å². The topological polar surface area (TPSA) is 63.3 Å². The first-order valence-corrected chi connectivity index (χ1v) is 5.91. The van der Waals surface area contributed by atoms with E-state index in [1.54, 1.807) is 0 Å². The van der Waals surface area contributed by atoms with Crippen LogP contribution in [0.4, 0.5) is 0 Å². The van der Waals surface area contributed by atoms with Gasteiger partial charge in [0, 0.05) is 0 Å². The number of carboxylic acids is 1. The van der Waals surface area contributed by atoms with Gasteiger partial charge in [0.15, 0.2) is 0 Å². The average molecular weight is 213 g/mol. The molecule has 0 aromatic rings. The maximum atomic E-state index is 10.8. The molecule has 0 saturated heterocycles. The lowest BCUT2D eigenvalue weighted by Crippen LogP contribution is -2.37. The van der Waals surface area contributed by atoms with Crippen LogP contribution in [0.1, 0.15) is 46.0 Å². The van der Waals surface area contributed by atoms with Crippen LogP contribution in [0.5, 0.6) is 0 Å². The molecule has 15 heavy (non-hydrogen) atoms. The third-order valence-corrected chi connectivity index (χ3v) is 3.99. The molecular weight excluding hydrogens is 190 g/mol. The Morgan fingerprint density at radius 1 is 1.47 bits per heavy atom. The number of hydrogen-bond acceptors (Lipinski definition) is 2. The average Bonchev–Trinajstić information content (AvgIpc) is 2.17. The lowest BCUT2D eigenvalue weighted by molar-refractivity contribution is -0.140. The number of aliphatic carboxylic acids is 1. The second-order valence-corrected chi connectivity index (χ2v) is 5.36. The molecule has 0 aliphatic heterocycles. The van der Waals surface area contributed by atoms with E-state index in [-0.39, 0.29) is 11.8 Å². The molecule has 1 aliphatic carbocycles. The van der Waals surface area contributed by atoms with Gasteiger partial charge in [-0.25, -0.2) is 0 Å². The number of hydrogen-bond donors (Lipinski definition) is 2. The third-order valence-electron chi connectivity index (χ3n) is 3.99. The molecule has 3 N–H and O–H groups in total. The van der Waals surface area contributed by atoms with Crippen molar-refractivity contribution < 1.29 is 9.90 Å². The highest BCUT2D eigenvalue weighted by molar-refractivity contribution is 5.67. The van der Waals surface area contributed by atoms with Crippen LogP contribution in [0.15, 0.2) is 0 Å². The van der Waals surface area contributed by atoms with Gasteiger partial charge in [-0.2, -0.15) is 0 Å². The van der Waals surface area contributed by atoms with Crippen molar-refractivity contribution in [2.45, 2.75) is 46.0 Å². The number of rotatable bonds is 4. The van der Waals surface area contributed by atoms with Crippen molar-refractivity contribution >= 4 is 5.97 Å². The zero-order chi connectivity index (χ0) is 11.5. The molecule has 3 heteroatoms. The third kappa shape index (κ3) is 3.20. The summed E-state index contributed by atoms with van der Waals surface area (Å²) in [5.74, 6) is 0.771. The molecule has 0 aromatic heterocycles. The molecule has 0 amide bonds. The largest absolute Gasteiger partial charge is 0.481 e. The van der Waals surface area contributed by atoms with E-state index in [1.165, 1.54) is 0 Å². The highest BCUT2D eigenvalue weighted by atomic mass is 16.4. The minimum Gasteiger partial charge on any atom is -0.481 e. The van der Waals surface area contributed by atoms with Crippen molar-refractivity contribution in [1.29, 1.82) is 0 Å². The summed E-state index contributed by atoms with van der Waals surface area (Å²) < 4.78 is 0. The maximum Gasteiger partial charge on any atom is 0.303 e. The summed E-state index contributed by atoms with van der Waals surface area (Å²) in [7, 11) is 0. The Balaban J connectivity index is 2.54. The minimum atomic E-state index is -0.705. The molecule has 0 atom stereocenters. The van der Waals surface area contributed by atoms with Crippen LogP contribution in [0.3, 0.4) is 0 Å². The van der Waals surface area contributed by atoms with E-state index < -0.39 is 5.97 Å². The van der Waals surface area contributed by atoms with Gasteiger partial charge in [-0.3, -0.25) is 4.79 Å². The van der Waals surface area contributed by atoms with Gasteiger partial charge in [-0.1, -0.05) is 13.8 Å². The predicted octanol–water partition coefficient (Wildman–Crippen LogP) is 2.25. The summed E-state index contributed by atoms with van der Waals surface area (Å²) in [6, 6.07) is 0. The Kier molecular flexibility index (Phi) is 4.14. The normalized spacial score (nSPS) is 31.9. The molecule has 1 aliphatic rings. The molecule has 0 aromatic carbocycles. The van der Waals surface area contributed by atoms with E-state index in [2.05, 4.69) is 13.8 Å². The molecule has 88 valence electrons. The molecule has 0 unspecified atom stereocenters. The van der Waals surface area contributed by atoms with E-state index in [1.807, 2.05) is 0 Å². The second kappa shape index (κ2) is 4.97. The summed E-state index contributed by atoms with van der Waals surface area (Å²) in [4.78, 5) is 10.8. The van der Waals surface area contributed by atoms with Crippen LogP contribution < -0.4 is 5.73 Å². The van der Waals surface area contributed by atoms with Crippen LogP contribution in [0.25, 0.3) is 0 Å². The summed E-state index contributed by atoms with van der Waals surface area (Å²) in [5.41, 5.74) is 5.63. The molecule has 0 bridgehead atoms. The van der Waals surface area contributed by atoms with E-state index in [4.69, 9.17) is 10.8 Å². The lowest BCUT2D eigenvalue weighted by atomic mass is 9.66. The van der Waals surface area contributed by atoms with Gasteiger partial charge < -0.3 is 10.8 Å². The van der Waals surface area contributed by atoms with Crippen molar-refractivity contribution in [3.8, 4) is 0 Å². The van der Waals surface area contributed by atoms with Crippen LogP contribution in [-0.2, 0) is 4.79 Å². The van der Waals surface area contributed by atoms with Gasteiger partial charge in [0.05, 0.1) is 6.42 Å². The molecule has 1 rings (SSSR count). The van der Waals surface area contributed by atoms with Gasteiger partial charge in [-0.15, -0.1) is 0 Å². The van der Waals surface area contributed by atoms with Crippen molar-refractivity contribution in [1.82, 2.24) is 0 Å². The van der Waals surface area contributed by atoms with E-state index >= 15 is 0 Å². The summed E-state index contributed by atoms with van der Waals surface area (Å²) in [5, 5.41) is 8.88. The highest BCUT2D eigenvalue weighted by Gasteiger charge is 2.36. The summed E-state index contributed by atoms with van der Waals surface area (Å²) in [6.45, 7) is 5.01. The molecule has 1 fully saturated rings. The van der Waals surface area contributed by atoms with E-state index in [0.29, 0.717) is 12.5 Å². The Morgan fingerprint density at radius 2 is 2.00 bits per heavy atom. The van der Waals surface area contributed by atoms with Gasteiger partial charge >= 0.3 is 5.97 Å². The van der Waals surface area contributed by atoms with Crippen molar-refractivity contribution in [3.63, 3.8) is 0 Å². The maximum absolute atomic E-state index is 10.8. The van der Waals surface area contributed by atoms with Crippen molar-refractivity contribution in [2.75, 3.05) is 6.54 Å². The first-order valence-electron chi connectivity index (χ1n) is 5.91. The van der Waals surface area contributed by atoms with Crippen molar-refractivity contribution in [3.05, 3.63) is 0 Å². The van der Waals surface area contributed by atoms with E-state index in [0.717, 1.165) is 31.6 Å². The molecule has 0 spiro atoms. The van der Waals surface area contributed by atoms with Gasteiger partial charge in [0.2, 0.25) is 0 Å². The van der Waals surface area contributed by atoms with Crippen LogP contribution in [-0.4, -0.2) is 17.6 Å². The number of carbonyl (C=O) groups is 1. The van der Waals surface area contributed by atoms with E-state index in [9.17, 15) is 4.79 Å². The van der Waals surface area contributed by atoms with Crippen molar-refractivity contribution in [2.24, 2.45) is 23.0 Å². The Morgan fingerprint density at radius 3 is 2.33 bits per heavy atom. The fourth-order valence-electron chi connectivity index (χ4n) is 2.69. The zero-order valence-electron chi connectivity index (χ0n) is 9.83. The van der Waals surface area contributed by atoms with Crippen LogP contribution in [0, 0.1) is 17.3 Å². The summed E-state index contributed by atoms with van der Waals surface area (Å²) in [6.07, 6.45) is 4.50. The first-order chi connectivity index (χ1) is 6.99. The number of nitrogens with two attached hydrogens (primary N) is 1. The molecule has 3 nitrogen and oxygen atoms in total. The smallest absolute Gasteiger partial charge is 0.303 e. The van der Waals surface area contributed by atoms with Crippen LogP contribution in [0.2, 0.25) is 0 Å².